The molecule has 0 atom stereocenters. The van der Waals surface area contributed by atoms with Crippen molar-refractivity contribution in [3.05, 3.63) is 63.5 Å². The molecule has 0 spiro atoms. The molecule has 0 radical (unpaired) electrons. The van der Waals surface area contributed by atoms with Gasteiger partial charge in [-0.2, -0.15) is 12.7 Å². The van der Waals surface area contributed by atoms with Crippen molar-refractivity contribution in [2.24, 2.45) is 0 Å². The number of hydrogen-bond donors (Lipinski definition) is 1. The highest BCUT2D eigenvalue weighted by atomic mass is 35.5. The molecule has 1 heterocycles. The minimum atomic E-state index is -3.62. The molecule has 1 N–H and O–H groups in total. The topological polar surface area (TPSA) is 71.4 Å². The summed E-state index contributed by atoms with van der Waals surface area (Å²) in [6.45, 7) is 0.260. The zero-order valence-electron chi connectivity index (χ0n) is 12.2. The lowest BCUT2D eigenvalue weighted by Gasteiger charge is -2.14. The molecule has 0 saturated carbocycles. The van der Waals surface area contributed by atoms with Gasteiger partial charge in [-0.3, -0.25) is 9.52 Å². The normalized spacial score (nSPS) is 11.6. The molecule has 118 valence electrons. The van der Waals surface area contributed by atoms with Gasteiger partial charge in [-0.1, -0.05) is 29.8 Å². The first-order valence-electron chi connectivity index (χ1n) is 6.44. The molecule has 0 bridgehead atoms. The van der Waals surface area contributed by atoms with E-state index in [-0.39, 0.29) is 12.1 Å². The van der Waals surface area contributed by atoms with E-state index >= 15 is 0 Å². The maximum Gasteiger partial charge on any atom is 0.301 e. The van der Waals surface area contributed by atoms with Crippen molar-refractivity contribution in [1.82, 2.24) is 8.87 Å². The molecule has 0 aliphatic heterocycles. The maximum absolute atomic E-state index is 11.9. The molecule has 1 aromatic heterocycles. The fraction of sp³-hybridized carbons (Fsp3) is 0.214. The number of pyridine rings is 1. The van der Waals surface area contributed by atoms with E-state index in [4.69, 9.17) is 11.6 Å². The number of rotatable bonds is 5. The number of benzene rings is 1. The average molecular weight is 342 g/mol. The van der Waals surface area contributed by atoms with Crippen LogP contribution in [0.2, 0.25) is 5.02 Å². The monoisotopic (exact) mass is 341 g/mol. The molecule has 0 unspecified atom stereocenters. The third-order valence-electron chi connectivity index (χ3n) is 3.01. The zero-order valence-corrected chi connectivity index (χ0v) is 13.7. The largest absolute Gasteiger partial charge is 0.309 e. The molecule has 22 heavy (non-hydrogen) atoms. The van der Waals surface area contributed by atoms with E-state index in [1.807, 2.05) is 12.1 Å². The molecule has 0 fully saturated rings. The second kappa shape index (κ2) is 6.51. The molecule has 8 heteroatoms. The minimum absolute atomic E-state index is 0.243. The number of anilines is 1. The summed E-state index contributed by atoms with van der Waals surface area (Å²) in [6.07, 6.45) is 1.45. The van der Waals surface area contributed by atoms with E-state index < -0.39 is 10.2 Å². The molecule has 0 aliphatic carbocycles. The number of nitrogens with one attached hydrogen (secondary N) is 1. The van der Waals surface area contributed by atoms with Crippen molar-refractivity contribution < 1.29 is 8.42 Å². The SMILES string of the molecule is CN(C)S(=O)(=O)Nc1ccc(=O)n(Cc2ccccc2Cl)c1. The number of halogens is 1. The van der Waals surface area contributed by atoms with Gasteiger partial charge < -0.3 is 4.57 Å². The van der Waals surface area contributed by atoms with E-state index in [9.17, 15) is 13.2 Å². The van der Waals surface area contributed by atoms with Gasteiger partial charge in [0, 0.05) is 31.4 Å². The molecule has 1 aromatic carbocycles. The van der Waals surface area contributed by atoms with Crippen LogP contribution in [-0.2, 0) is 16.8 Å². The van der Waals surface area contributed by atoms with Gasteiger partial charge in [-0.05, 0) is 17.7 Å². The summed E-state index contributed by atoms with van der Waals surface area (Å²) >= 11 is 6.08. The zero-order chi connectivity index (χ0) is 16.3. The minimum Gasteiger partial charge on any atom is -0.309 e. The third-order valence-corrected chi connectivity index (χ3v) is 4.83. The van der Waals surface area contributed by atoms with Crippen LogP contribution in [0.1, 0.15) is 5.56 Å². The molecular formula is C14H16ClN3O3S. The summed E-state index contributed by atoms with van der Waals surface area (Å²) in [5.41, 5.74) is 0.840. The van der Waals surface area contributed by atoms with Crippen LogP contribution >= 0.6 is 11.6 Å². The summed E-state index contributed by atoms with van der Waals surface area (Å²) in [6, 6.07) is 9.91. The summed E-state index contributed by atoms with van der Waals surface area (Å²) in [4.78, 5) is 11.9. The summed E-state index contributed by atoms with van der Waals surface area (Å²) in [7, 11) is -0.782. The lowest BCUT2D eigenvalue weighted by molar-refractivity contribution is 0.526. The predicted molar refractivity (Wildman–Crippen MR) is 87.5 cm³/mol. The van der Waals surface area contributed by atoms with Gasteiger partial charge in [0.1, 0.15) is 0 Å². The van der Waals surface area contributed by atoms with Crippen LogP contribution in [0.15, 0.2) is 47.4 Å². The molecule has 6 nitrogen and oxygen atoms in total. The van der Waals surface area contributed by atoms with E-state index in [2.05, 4.69) is 4.72 Å². The van der Waals surface area contributed by atoms with Gasteiger partial charge >= 0.3 is 10.2 Å². The first kappa shape index (κ1) is 16.5. The molecule has 0 amide bonds. The maximum atomic E-state index is 11.9. The Bertz CT molecular complexity index is 831. The van der Waals surface area contributed by atoms with Crippen LogP contribution in [0.4, 0.5) is 5.69 Å². The Morgan fingerprint density at radius 2 is 1.86 bits per heavy atom. The Morgan fingerprint density at radius 1 is 1.18 bits per heavy atom. The van der Waals surface area contributed by atoms with Crippen molar-refractivity contribution >= 4 is 27.5 Å². The van der Waals surface area contributed by atoms with Crippen LogP contribution in [0, 0.1) is 0 Å². The van der Waals surface area contributed by atoms with Gasteiger partial charge in [-0.15, -0.1) is 0 Å². The van der Waals surface area contributed by atoms with Crippen LogP contribution in [-0.4, -0.2) is 31.4 Å². The first-order chi connectivity index (χ1) is 10.3. The summed E-state index contributed by atoms with van der Waals surface area (Å²) < 4.78 is 28.5. The van der Waals surface area contributed by atoms with Gasteiger partial charge in [0.2, 0.25) is 0 Å². The quantitative estimate of drug-likeness (QED) is 0.901. The van der Waals surface area contributed by atoms with E-state index in [1.54, 1.807) is 12.1 Å². The average Bonchev–Trinajstić information content (AvgIpc) is 2.44. The molecule has 0 saturated heterocycles. The Hall–Kier alpha value is -1.83. The van der Waals surface area contributed by atoms with Crippen molar-refractivity contribution in [1.29, 1.82) is 0 Å². The molecule has 2 aromatic rings. The molecule has 0 aliphatic rings. The number of nitrogens with zero attached hydrogens (tertiary/aromatic N) is 2. The number of hydrogen-bond acceptors (Lipinski definition) is 3. The van der Waals surface area contributed by atoms with Crippen LogP contribution < -0.4 is 10.3 Å². The highest BCUT2D eigenvalue weighted by molar-refractivity contribution is 7.90. The lowest BCUT2D eigenvalue weighted by Crippen LogP contribution is -2.29. The summed E-state index contributed by atoms with van der Waals surface area (Å²) in [5, 5.41) is 0.550. The highest BCUT2D eigenvalue weighted by Gasteiger charge is 2.13. The Kier molecular flexibility index (Phi) is 4.90. The number of aromatic nitrogens is 1. The van der Waals surface area contributed by atoms with Gasteiger partial charge in [0.05, 0.1) is 12.2 Å². The Balaban J connectivity index is 2.32. The molecular weight excluding hydrogens is 326 g/mol. The predicted octanol–water partition coefficient (Wildman–Crippen LogP) is 1.77. The van der Waals surface area contributed by atoms with E-state index in [0.29, 0.717) is 10.7 Å². The highest BCUT2D eigenvalue weighted by Crippen LogP contribution is 2.16. The third kappa shape index (κ3) is 3.88. The van der Waals surface area contributed by atoms with Crippen molar-refractivity contribution in [2.45, 2.75) is 6.54 Å². The summed E-state index contributed by atoms with van der Waals surface area (Å²) in [5.74, 6) is 0. The lowest BCUT2D eigenvalue weighted by atomic mass is 10.2. The smallest absolute Gasteiger partial charge is 0.301 e. The second-order valence-corrected chi connectivity index (χ2v) is 7.16. The van der Waals surface area contributed by atoms with Crippen molar-refractivity contribution in [3.8, 4) is 0 Å². The van der Waals surface area contributed by atoms with Crippen molar-refractivity contribution in [2.75, 3.05) is 18.8 Å². The molecule has 2 rings (SSSR count). The van der Waals surface area contributed by atoms with Gasteiger partial charge in [-0.25, -0.2) is 0 Å². The van der Waals surface area contributed by atoms with Gasteiger partial charge in [0.25, 0.3) is 5.56 Å². The van der Waals surface area contributed by atoms with E-state index in [1.165, 1.54) is 37.0 Å². The van der Waals surface area contributed by atoms with Crippen LogP contribution in [0.5, 0.6) is 0 Å². The first-order valence-corrected chi connectivity index (χ1v) is 8.25. The van der Waals surface area contributed by atoms with Gasteiger partial charge in [0.15, 0.2) is 0 Å². The van der Waals surface area contributed by atoms with E-state index in [0.717, 1.165) is 9.87 Å². The van der Waals surface area contributed by atoms with Crippen LogP contribution in [0.25, 0.3) is 0 Å². The second-order valence-electron chi connectivity index (χ2n) is 4.86. The van der Waals surface area contributed by atoms with Crippen molar-refractivity contribution in [3.63, 3.8) is 0 Å². The standard InChI is InChI=1S/C14H16ClN3O3S/c1-17(2)22(20,21)16-12-7-8-14(19)18(10-12)9-11-5-3-4-6-13(11)15/h3-8,10,16H,9H2,1-2H3. The Morgan fingerprint density at radius 3 is 2.50 bits per heavy atom. The fourth-order valence-electron chi connectivity index (χ4n) is 1.77. The van der Waals surface area contributed by atoms with Crippen LogP contribution in [0.3, 0.4) is 0 Å². The fourth-order valence-corrected chi connectivity index (χ4v) is 2.56. The Labute approximate surface area is 134 Å².